The minimum atomic E-state index is -0.247. The van der Waals surface area contributed by atoms with Crippen molar-refractivity contribution in [3.63, 3.8) is 0 Å². The average Bonchev–Trinajstić information content (AvgIpc) is 2.56. The number of nitrogens with one attached hydrogen (secondary N) is 1. The van der Waals surface area contributed by atoms with Crippen molar-refractivity contribution in [3.8, 4) is 5.75 Å². The largest absolute Gasteiger partial charge is 0.489 e. The van der Waals surface area contributed by atoms with E-state index in [1.807, 2.05) is 31.2 Å². The van der Waals surface area contributed by atoms with E-state index in [1.165, 1.54) is 12.1 Å². The molecule has 0 bridgehead atoms. The summed E-state index contributed by atoms with van der Waals surface area (Å²) in [6.45, 7) is 3.19. The van der Waals surface area contributed by atoms with Gasteiger partial charge in [0.15, 0.2) is 0 Å². The van der Waals surface area contributed by atoms with Gasteiger partial charge in [0.1, 0.15) is 18.2 Å². The maximum absolute atomic E-state index is 12.9. The molecular formula is C18H23ClFNO2. The standard InChI is InChI=1S/C18H22FNO2.ClH/c1-2-17(12-21)20-11-15-5-3-4-6-18(15)22-13-14-7-9-16(19)10-8-14;/h3-10,17,20-21H,2,11-13H2,1H3;1H. The van der Waals surface area contributed by atoms with Crippen LogP contribution in [0.2, 0.25) is 0 Å². The SMILES string of the molecule is CCC(CO)NCc1ccccc1OCc1ccc(F)cc1.Cl. The van der Waals surface area contributed by atoms with Gasteiger partial charge in [0, 0.05) is 18.2 Å². The Hall–Kier alpha value is -1.62. The van der Waals surface area contributed by atoms with Crippen LogP contribution in [0.15, 0.2) is 48.5 Å². The van der Waals surface area contributed by atoms with Crippen LogP contribution in [0.3, 0.4) is 0 Å². The van der Waals surface area contributed by atoms with Gasteiger partial charge in [0.05, 0.1) is 6.61 Å². The number of hydrogen-bond donors (Lipinski definition) is 2. The summed E-state index contributed by atoms with van der Waals surface area (Å²) in [7, 11) is 0. The van der Waals surface area contributed by atoms with E-state index in [2.05, 4.69) is 5.32 Å². The summed E-state index contributed by atoms with van der Waals surface area (Å²) in [6.07, 6.45) is 0.870. The molecule has 0 aliphatic heterocycles. The first-order valence-electron chi connectivity index (χ1n) is 7.52. The van der Waals surface area contributed by atoms with Gasteiger partial charge in [-0.2, -0.15) is 0 Å². The van der Waals surface area contributed by atoms with Gasteiger partial charge >= 0.3 is 0 Å². The third kappa shape index (κ3) is 6.18. The second-order valence-electron chi connectivity index (χ2n) is 5.19. The normalized spacial score (nSPS) is 11.6. The third-order valence-electron chi connectivity index (χ3n) is 3.57. The van der Waals surface area contributed by atoms with E-state index < -0.39 is 0 Å². The molecule has 0 spiro atoms. The first-order chi connectivity index (χ1) is 10.7. The van der Waals surface area contributed by atoms with Crippen LogP contribution >= 0.6 is 12.4 Å². The third-order valence-corrected chi connectivity index (χ3v) is 3.57. The number of aliphatic hydroxyl groups is 1. The molecule has 0 heterocycles. The Kier molecular flexibility index (Phi) is 8.62. The summed E-state index contributed by atoms with van der Waals surface area (Å²) >= 11 is 0. The molecule has 126 valence electrons. The Bertz CT molecular complexity index is 573. The average molecular weight is 340 g/mol. The van der Waals surface area contributed by atoms with Crippen LogP contribution in [-0.2, 0) is 13.2 Å². The molecule has 23 heavy (non-hydrogen) atoms. The number of benzene rings is 2. The van der Waals surface area contributed by atoms with Gasteiger partial charge in [-0.25, -0.2) is 4.39 Å². The van der Waals surface area contributed by atoms with E-state index in [0.29, 0.717) is 13.2 Å². The lowest BCUT2D eigenvalue weighted by Gasteiger charge is -2.16. The quantitative estimate of drug-likeness (QED) is 0.770. The summed E-state index contributed by atoms with van der Waals surface area (Å²) in [5, 5.41) is 12.5. The highest BCUT2D eigenvalue weighted by Gasteiger charge is 2.07. The van der Waals surface area contributed by atoms with Crippen LogP contribution in [0.4, 0.5) is 4.39 Å². The second kappa shape index (κ2) is 10.2. The number of halogens is 2. The van der Waals surface area contributed by atoms with E-state index in [1.54, 1.807) is 12.1 Å². The summed E-state index contributed by atoms with van der Waals surface area (Å²) in [6, 6.07) is 14.2. The smallest absolute Gasteiger partial charge is 0.124 e. The molecule has 0 amide bonds. The molecule has 1 unspecified atom stereocenters. The maximum Gasteiger partial charge on any atom is 0.124 e. The summed E-state index contributed by atoms with van der Waals surface area (Å²) in [4.78, 5) is 0. The molecule has 0 fully saturated rings. The zero-order valence-electron chi connectivity index (χ0n) is 13.2. The summed E-state index contributed by atoms with van der Waals surface area (Å²) < 4.78 is 18.7. The Balaban J connectivity index is 0.00000264. The lowest BCUT2D eigenvalue weighted by Crippen LogP contribution is -2.31. The Morgan fingerprint density at radius 3 is 2.48 bits per heavy atom. The minimum Gasteiger partial charge on any atom is -0.489 e. The molecule has 3 nitrogen and oxygen atoms in total. The van der Waals surface area contributed by atoms with Crippen LogP contribution < -0.4 is 10.1 Å². The molecule has 0 aliphatic carbocycles. The van der Waals surface area contributed by atoms with Crippen LogP contribution in [0.5, 0.6) is 5.75 Å². The topological polar surface area (TPSA) is 41.5 Å². The molecule has 0 aromatic heterocycles. The predicted molar refractivity (Wildman–Crippen MR) is 92.4 cm³/mol. The fourth-order valence-electron chi connectivity index (χ4n) is 2.12. The fourth-order valence-corrected chi connectivity index (χ4v) is 2.12. The zero-order chi connectivity index (χ0) is 15.8. The molecule has 0 radical (unpaired) electrons. The van der Waals surface area contributed by atoms with E-state index >= 15 is 0 Å². The molecule has 2 N–H and O–H groups in total. The Labute approximate surface area is 142 Å². The van der Waals surface area contributed by atoms with Crippen molar-refractivity contribution < 1.29 is 14.2 Å². The molecule has 2 aromatic carbocycles. The molecule has 1 atom stereocenters. The van der Waals surface area contributed by atoms with Crippen molar-refractivity contribution >= 4 is 12.4 Å². The molecule has 5 heteroatoms. The highest BCUT2D eigenvalue weighted by molar-refractivity contribution is 5.85. The monoisotopic (exact) mass is 339 g/mol. The van der Waals surface area contributed by atoms with Gasteiger partial charge in [-0.3, -0.25) is 0 Å². The van der Waals surface area contributed by atoms with Gasteiger partial charge < -0.3 is 15.2 Å². The van der Waals surface area contributed by atoms with Gasteiger partial charge in [-0.1, -0.05) is 37.3 Å². The zero-order valence-corrected chi connectivity index (χ0v) is 14.0. The van der Waals surface area contributed by atoms with Crippen LogP contribution in [0, 0.1) is 5.82 Å². The first kappa shape index (κ1) is 19.4. The maximum atomic E-state index is 12.9. The Morgan fingerprint density at radius 1 is 1.13 bits per heavy atom. The van der Waals surface area contributed by atoms with Gasteiger partial charge in [0.2, 0.25) is 0 Å². The van der Waals surface area contributed by atoms with Crippen LogP contribution in [0.25, 0.3) is 0 Å². The van der Waals surface area contributed by atoms with Crippen molar-refractivity contribution in [1.29, 1.82) is 0 Å². The van der Waals surface area contributed by atoms with Crippen molar-refractivity contribution in [2.75, 3.05) is 6.61 Å². The Morgan fingerprint density at radius 2 is 1.83 bits per heavy atom. The molecular weight excluding hydrogens is 317 g/mol. The molecule has 2 rings (SSSR count). The predicted octanol–water partition coefficient (Wildman–Crippen LogP) is 3.69. The fraction of sp³-hybridized carbons (Fsp3) is 0.333. The summed E-state index contributed by atoms with van der Waals surface area (Å²) in [5.41, 5.74) is 1.96. The molecule has 2 aromatic rings. The van der Waals surface area contributed by atoms with Crippen molar-refractivity contribution in [2.45, 2.75) is 32.5 Å². The van der Waals surface area contributed by atoms with Crippen LogP contribution in [-0.4, -0.2) is 17.8 Å². The highest BCUT2D eigenvalue weighted by atomic mass is 35.5. The number of hydrogen-bond acceptors (Lipinski definition) is 3. The van der Waals surface area contributed by atoms with E-state index in [0.717, 1.165) is 23.3 Å². The molecule has 0 saturated carbocycles. The lowest BCUT2D eigenvalue weighted by molar-refractivity contribution is 0.237. The van der Waals surface area contributed by atoms with E-state index in [9.17, 15) is 9.50 Å². The lowest BCUT2D eigenvalue weighted by atomic mass is 10.1. The number of ether oxygens (including phenoxy) is 1. The molecule has 0 saturated heterocycles. The minimum absolute atomic E-state index is 0. The highest BCUT2D eigenvalue weighted by Crippen LogP contribution is 2.19. The second-order valence-corrected chi connectivity index (χ2v) is 5.19. The van der Waals surface area contributed by atoms with Crippen molar-refractivity contribution in [3.05, 3.63) is 65.5 Å². The van der Waals surface area contributed by atoms with Gasteiger partial charge in [-0.15, -0.1) is 12.4 Å². The van der Waals surface area contributed by atoms with E-state index in [4.69, 9.17) is 4.74 Å². The van der Waals surface area contributed by atoms with Crippen molar-refractivity contribution in [1.82, 2.24) is 5.32 Å². The number of aliphatic hydroxyl groups excluding tert-OH is 1. The first-order valence-corrected chi connectivity index (χ1v) is 7.52. The van der Waals surface area contributed by atoms with Crippen LogP contribution in [0.1, 0.15) is 24.5 Å². The van der Waals surface area contributed by atoms with Crippen molar-refractivity contribution in [2.24, 2.45) is 0 Å². The van der Waals surface area contributed by atoms with Gasteiger partial charge in [0.25, 0.3) is 0 Å². The number of para-hydroxylation sites is 1. The van der Waals surface area contributed by atoms with E-state index in [-0.39, 0.29) is 30.9 Å². The molecule has 0 aliphatic rings. The summed E-state index contributed by atoms with van der Waals surface area (Å²) in [5.74, 6) is 0.551. The number of rotatable bonds is 8. The van der Waals surface area contributed by atoms with Gasteiger partial charge in [-0.05, 0) is 30.2 Å².